The van der Waals surface area contributed by atoms with Gasteiger partial charge in [-0.05, 0) is 48.2 Å². The van der Waals surface area contributed by atoms with Crippen molar-refractivity contribution in [2.75, 3.05) is 13.1 Å². The van der Waals surface area contributed by atoms with Gasteiger partial charge in [0.25, 0.3) is 11.8 Å². The minimum atomic E-state index is -0.871. The molecule has 8 heteroatoms. The van der Waals surface area contributed by atoms with Crippen LogP contribution in [0.4, 0.5) is 0 Å². The van der Waals surface area contributed by atoms with Crippen LogP contribution in [0.25, 0.3) is 0 Å². The maximum absolute atomic E-state index is 13.6. The molecule has 2 aromatic rings. The summed E-state index contributed by atoms with van der Waals surface area (Å²) in [5.74, 6) is -0.132. The van der Waals surface area contributed by atoms with Crippen molar-refractivity contribution in [3.63, 3.8) is 0 Å². The predicted molar refractivity (Wildman–Crippen MR) is 113 cm³/mol. The molecule has 3 heterocycles. The van der Waals surface area contributed by atoms with Crippen molar-refractivity contribution in [3.8, 4) is 0 Å². The second kappa shape index (κ2) is 6.79. The number of allylic oxidation sites excluding steroid dienone is 1. The molecule has 1 fully saturated rings. The van der Waals surface area contributed by atoms with Gasteiger partial charge in [0.2, 0.25) is 0 Å². The average molecular weight is 427 g/mol. The lowest BCUT2D eigenvalue weighted by molar-refractivity contribution is -0.134. The molecular weight excluding hydrogens is 408 g/mol. The summed E-state index contributed by atoms with van der Waals surface area (Å²) in [5.41, 5.74) is 5.43. The first-order valence-electron chi connectivity index (χ1n) is 9.39. The van der Waals surface area contributed by atoms with Gasteiger partial charge < -0.3 is 15.2 Å². The van der Waals surface area contributed by atoms with Crippen LogP contribution in [-0.2, 0) is 16.9 Å². The van der Waals surface area contributed by atoms with Gasteiger partial charge in [-0.2, -0.15) is 4.83 Å². The van der Waals surface area contributed by atoms with E-state index in [9.17, 15) is 9.59 Å². The first-order valence-corrected chi connectivity index (χ1v) is 10.6. The number of amides is 2. The molecule has 1 atom stereocenters. The highest BCUT2D eigenvalue weighted by molar-refractivity contribution is 8.02. The maximum atomic E-state index is 13.6. The molecule has 29 heavy (non-hydrogen) atoms. The van der Waals surface area contributed by atoms with Gasteiger partial charge in [0, 0.05) is 35.8 Å². The van der Waals surface area contributed by atoms with E-state index in [1.807, 2.05) is 65.3 Å². The Morgan fingerprint density at radius 2 is 1.90 bits per heavy atom. The van der Waals surface area contributed by atoms with Crippen molar-refractivity contribution in [2.24, 2.45) is 0 Å². The summed E-state index contributed by atoms with van der Waals surface area (Å²) in [6.45, 7) is 2.82. The maximum Gasteiger partial charge on any atom is 0.265 e. The van der Waals surface area contributed by atoms with Gasteiger partial charge >= 0.3 is 0 Å². The minimum Gasteiger partial charge on any atom is -0.315 e. The van der Waals surface area contributed by atoms with E-state index in [4.69, 9.17) is 11.6 Å². The van der Waals surface area contributed by atoms with Gasteiger partial charge in [0.1, 0.15) is 10.6 Å². The van der Waals surface area contributed by atoms with Gasteiger partial charge in [0.15, 0.2) is 0 Å². The average Bonchev–Trinajstić information content (AvgIpc) is 3.33. The van der Waals surface area contributed by atoms with Crippen molar-refractivity contribution in [1.29, 1.82) is 0 Å². The molecule has 3 aliphatic rings. The number of carbonyl (C=O) groups excluding carboxylic acids is 2. The zero-order valence-electron chi connectivity index (χ0n) is 15.7. The van der Waals surface area contributed by atoms with Crippen molar-refractivity contribution < 1.29 is 9.59 Å². The molecular formula is C21H19ClN4O2S. The zero-order chi connectivity index (χ0) is 20.2. The summed E-state index contributed by atoms with van der Waals surface area (Å²) in [6, 6.07) is 15.1. The Labute approximate surface area is 178 Å². The Bertz CT molecular complexity index is 1050. The molecule has 0 radical (unpaired) electrons. The minimum absolute atomic E-state index is 0.0434. The summed E-state index contributed by atoms with van der Waals surface area (Å²) < 4.78 is 0. The molecule has 0 bridgehead atoms. The number of benzene rings is 2. The Kier molecular flexibility index (Phi) is 4.34. The molecule has 0 saturated carbocycles. The van der Waals surface area contributed by atoms with E-state index in [1.54, 1.807) is 0 Å². The van der Waals surface area contributed by atoms with Crippen LogP contribution < -0.4 is 10.3 Å². The van der Waals surface area contributed by atoms with Crippen LogP contribution in [0, 0.1) is 0 Å². The molecule has 148 valence electrons. The lowest BCUT2D eigenvalue weighted by Crippen LogP contribution is -2.58. The number of carbonyl (C=O) groups is 2. The summed E-state index contributed by atoms with van der Waals surface area (Å²) >= 11 is 7.40. The van der Waals surface area contributed by atoms with Gasteiger partial charge in [-0.1, -0.05) is 41.9 Å². The number of rotatable bonds is 2. The van der Waals surface area contributed by atoms with E-state index in [0.717, 1.165) is 16.8 Å². The Balaban J connectivity index is 1.69. The fourth-order valence-corrected chi connectivity index (χ4v) is 5.32. The monoisotopic (exact) mass is 426 g/mol. The highest BCUT2D eigenvalue weighted by Crippen LogP contribution is 2.46. The Morgan fingerprint density at radius 3 is 2.62 bits per heavy atom. The van der Waals surface area contributed by atoms with Gasteiger partial charge in [0.05, 0.1) is 0 Å². The van der Waals surface area contributed by atoms with Crippen LogP contribution in [0.15, 0.2) is 59.1 Å². The lowest BCUT2D eigenvalue weighted by atomic mass is 9.83. The zero-order valence-corrected chi connectivity index (χ0v) is 17.3. The van der Waals surface area contributed by atoms with E-state index in [2.05, 4.69) is 10.3 Å². The molecule has 6 nitrogen and oxygen atoms in total. The molecule has 0 spiro atoms. The number of nitrogens with zero attached hydrogens (tertiary/aromatic N) is 2. The van der Waals surface area contributed by atoms with Crippen LogP contribution in [0.5, 0.6) is 0 Å². The predicted octanol–water partition coefficient (Wildman–Crippen LogP) is 3.02. The number of hydrogen-bond donors (Lipinski definition) is 2. The topological polar surface area (TPSA) is 64.7 Å². The highest BCUT2D eigenvalue weighted by Gasteiger charge is 2.56. The summed E-state index contributed by atoms with van der Waals surface area (Å²) in [7, 11) is 0. The Hall–Kier alpha value is -2.48. The van der Waals surface area contributed by atoms with Crippen LogP contribution in [0.1, 0.15) is 28.4 Å². The largest absolute Gasteiger partial charge is 0.315 e. The molecule has 1 saturated heterocycles. The Morgan fingerprint density at radius 1 is 1.14 bits per heavy atom. The van der Waals surface area contributed by atoms with Crippen LogP contribution in [0.2, 0.25) is 5.02 Å². The highest BCUT2D eigenvalue weighted by atomic mass is 35.5. The molecule has 0 aliphatic carbocycles. The second-order valence-electron chi connectivity index (χ2n) is 7.35. The van der Waals surface area contributed by atoms with Gasteiger partial charge in [-0.3, -0.25) is 9.59 Å². The number of halogens is 1. The smallest absolute Gasteiger partial charge is 0.265 e. The fraction of sp³-hybridized carbons (Fsp3) is 0.238. The quantitative estimate of drug-likeness (QED) is 0.723. The summed E-state index contributed by atoms with van der Waals surface area (Å²) in [5, 5.41) is 0.619. The molecule has 1 unspecified atom stereocenters. The SMILES string of the molecule is CC1=C(C(=O)N2CCN3C(=O)c4ccccc4CC23c2ccc(Cl)cc2)SNN1. The van der Waals surface area contributed by atoms with E-state index < -0.39 is 5.66 Å². The number of nitrogens with one attached hydrogen (secondary N) is 2. The van der Waals surface area contributed by atoms with Crippen LogP contribution in [0.3, 0.4) is 0 Å². The fourth-order valence-electron chi connectivity index (χ4n) is 4.48. The van der Waals surface area contributed by atoms with E-state index >= 15 is 0 Å². The second-order valence-corrected chi connectivity index (χ2v) is 8.61. The van der Waals surface area contributed by atoms with Crippen molar-refractivity contribution in [3.05, 3.63) is 80.8 Å². The third-order valence-electron chi connectivity index (χ3n) is 5.85. The van der Waals surface area contributed by atoms with Crippen molar-refractivity contribution in [2.45, 2.75) is 19.0 Å². The van der Waals surface area contributed by atoms with Crippen molar-refractivity contribution in [1.82, 2.24) is 20.1 Å². The molecule has 0 aromatic heterocycles. The first kappa shape index (κ1) is 18.5. The first-order chi connectivity index (χ1) is 14.0. The van der Waals surface area contributed by atoms with E-state index in [0.29, 0.717) is 35.0 Å². The molecule has 2 amide bonds. The van der Waals surface area contributed by atoms with Crippen LogP contribution >= 0.6 is 23.5 Å². The number of hydrogen-bond acceptors (Lipinski definition) is 5. The molecule has 2 aromatic carbocycles. The number of hydrazine groups is 1. The summed E-state index contributed by atoms with van der Waals surface area (Å²) in [6.07, 6.45) is 0.542. The van der Waals surface area contributed by atoms with Gasteiger partial charge in [-0.25, -0.2) is 0 Å². The third kappa shape index (κ3) is 2.68. The van der Waals surface area contributed by atoms with Gasteiger partial charge in [-0.15, -0.1) is 0 Å². The van der Waals surface area contributed by atoms with Crippen molar-refractivity contribution >= 4 is 35.4 Å². The molecule has 2 N–H and O–H groups in total. The summed E-state index contributed by atoms with van der Waals surface area (Å²) in [4.78, 5) is 34.2. The van der Waals surface area contributed by atoms with E-state index in [-0.39, 0.29) is 11.8 Å². The number of fused-ring (bicyclic) bond motifs is 2. The standard InChI is InChI=1S/C21H19ClN4O2S/c1-13-18(29-24-23-13)20(28)26-11-10-25-19(27)17-5-3-2-4-14(17)12-21(25,26)15-6-8-16(22)9-7-15/h2-9,23-24H,10-12H2,1H3. The molecule has 5 rings (SSSR count). The third-order valence-corrected chi connectivity index (χ3v) is 6.99. The lowest BCUT2D eigenvalue weighted by Gasteiger charge is -2.47. The van der Waals surface area contributed by atoms with Crippen LogP contribution in [-0.4, -0.2) is 34.7 Å². The van der Waals surface area contributed by atoms with E-state index in [1.165, 1.54) is 11.9 Å². The molecule has 3 aliphatic heterocycles. The normalized spacial score (nSPS) is 23.2.